The molecule has 0 amide bonds. The van der Waals surface area contributed by atoms with Crippen molar-refractivity contribution in [3.63, 3.8) is 0 Å². The molecule has 0 aliphatic carbocycles. The molecule has 2 aromatic carbocycles. The number of hydrogen-bond acceptors (Lipinski definition) is 3. The van der Waals surface area contributed by atoms with Crippen molar-refractivity contribution in [2.75, 3.05) is 14.2 Å². The van der Waals surface area contributed by atoms with Crippen molar-refractivity contribution in [3.8, 4) is 22.6 Å². The summed E-state index contributed by atoms with van der Waals surface area (Å²) in [4.78, 5) is 0. The van der Waals surface area contributed by atoms with Crippen molar-refractivity contribution in [1.29, 1.82) is 0 Å². The molecule has 0 radical (unpaired) electrons. The fourth-order valence-electron chi connectivity index (χ4n) is 1.99. The van der Waals surface area contributed by atoms with Crippen molar-refractivity contribution in [1.82, 2.24) is 0 Å². The van der Waals surface area contributed by atoms with E-state index >= 15 is 0 Å². The van der Waals surface area contributed by atoms with Gasteiger partial charge in [-0.25, -0.2) is 0 Å². The number of benzene rings is 2. The highest BCUT2D eigenvalue weighted by Gasteiger charge is 2.11. The first-order valence-electron chi connectivity index (χ1n) is 5.90. The fraction of sp³-hybridized carbons (Fsp3) is 0.200. The van der Waals surface area contributed by atoms with Gasteiger partial charge in [0.05, 0.1) is 14.2 Å². The van der Waals surface area contributed by atoms with Crippen LogP contribution in [0.4, 0.5) is 0 Å². The van der Waals surface area contributed by atoms with E-state index in [2.05, 4.69) is 15.9 Å². The number of nitrogens with two attached hydrogens (primary N) is 1. The molecule has 19 heavy (non-hydrogen) atoms. The molecule has 2 aromatic rings. The third-order valence-electron chi connectivity index (χ3n) is 2.98. The van der Waals surface area contributed by atoms with Gasteiger partial charge < -0.3 is 15.2 Å². The summed E-state index contributed by atoms with van der Waals surface area (Å²) < 4.78 is 11.7. The summed E-state index contributed by atoms with van der Waals surface area (Å²) in [5, 5.41) is 0. The number of ether oxygens (including phenoxy) is 2. The molecule has 0 atom stereocenters. The Morgan fingerprint density at radius 2 is 1.58 bits per heavy atom. The predicted octanol–water partition coefficient (Wildman–Crippen LogP) is 3.59. The lowest BCUT2D eigenvalue weighted by Gasteiger charge is -2.14. The average molecular weight is 322 g/mol. The quantitative estimate of drug-likeness (QED) is 0.935. The minimum absolute atomic E-state index is 0.450. The van der Waals surface area contributed by atoms with Crippen molar-refractivity contribution in [2.24, 2.45) is 5.73 Å². The molecule has 0 bridgehead atoms. The van der Waals surface area contributed by atoms with E-state index in [1.54, 1.807) is 14.2 Å². The number of rotatable bonds is 4. The Labute approximate surface area is 121 Å². The van der Waals surface area contributed by atoms with Crippen molar-refractivity contribution in [2.45, 2.75) is 6.54 Å². The summed E-state index contributed by atoms with van der Waals surface area (Å²) in [5.41, 5.74) is 9.02. The summed E-state index contributed by atoms with van der Waals surface area (Å²) in [6.45, 7) is 0.450. The Hall–Kier alpha value is -1.52. The number of halogens is 1. The second-order valence-corrected chi connectivity index (χ2v) is 4.99. The molecule has 0 saturated heterocycles. The van der Waals surface area contributed by atoms with Gasteiger partial charge in [0, 0.05) is 11.0 Å². The first kappa shape index (κ1) is 13.9. The van der Waals surface area contributed by atoms with Crippen LogP contribution in [-0.2, 0) is 6.54 Å². The van der Waals surface area contributed by atoms with E-state index in [0.717, 1.165) is 21.2 Å². The molecule has 100 valence electrons. The highest BCUT2D eigenvalue weighted by molar-refractivity contribution is 9.10. The Kier molecular flexibility index (Phi) is 4.45. The van der Waals surface area contributed by atoms with Crippen LogP contribution in [0.5, 0.6) is 11.5 Å². The van der Waals surface area contributed by atoms with Gasteiger partial charge in [0.15, 0.2) is 11.5 Å². The Balaban J connectivity index is 2.57. The Morgan fingerprint density at radius 3 is 2.11 bits per heavy atom. The lowest BCUT2D eigenvalue weighted by atomic mass is 9.99. The zero-order valence-corrected chi connectivity index (χ0v) is 12.5. The van der Waals surface area contributed by atoms with Gasteiger partial charge in [-0.3, -0.25) is 0 Å². The van der Waals surface area contributed by atoms with E-state index in [0.29, 0.717) is 18.0 Å². The van der Waals surface area contributed by atoms with E-state index < -0.39 is 0 Å². The van der Waals surface area contributed by atoms with Crippen molar-refractivity contribution in [3.05, 3.63) is 46.4 Å². The Bertz CT molecular complexity index is 567. The van der Waals surface area contributed by atoms with Gasteiger partial charge >= 0.3 is 0 Å². The molecule has 0 aliphatic rings. The first-order valence-corrected chi connectivity index (χ1v) is 6.69. The lowest BCUT2D eigenvalue weighted by molar-refractivity contribution is 0.354. The van der Waals surface area contributed by atoms with E-state index in [1.165, 1.54) is 0 Å². The molecule has 0 fully saturated rings. The largest absolute Gasteiger partial charge is 0.493 e. The summed E-state index contributed by atoms with van der Waals surface area (Å²) >= 11 is 3.44. The zero-order chi connectivity index (χ0) is 13.8. The highest BCUT2D eigenvalue weighted by atomic mass is 79.9. The van der Waals surface area contributed by atoms with Crippen LogP contribution in [-0.4, -0.2) is 14.2 Å². The van der Waals surface area contributed by atoms with Gasteiger partial charge in [-0.15, -0.1) is 0 Å². The molecule has 0 aliphatic heterocycles. The molecule has 0 heterocycles. The van der Waals surface area contributed by atoms with Gasteiger partial charge in [-0.1, -0.05) is 28.1 Å². The average Bonchev–Trinajstić information content (AvgIpc) is 2.46. The van der Waals surface area contributed by atoms with Crippen molar-refractivity contribution >= 4 is 15.9 Å². The van der Waals surface area contributed by atoms with Crippen LogP contribution in [0.1, 0.15) is 5.56 Å². The van der Waals surface area contributed by atoms with Crippen LogP contribution in [0.3, 0.4) is 0 Å². The summed E-state index contributed by atoms with van der Waals surface area (Å²) in [7, 11) is 3.25. The van der Waals surface area contributed by atoms with E-state index in [-0.39, 0.29) is 0 Å². The molecule has 2 N–H and O–H groups in total. The van der Waals surface area contributed by atoms with Gasteiger partial charge in [0.25, 0.3) is 0 Å². The molecular formula is C15H16BrNO2. The maximum absolute atomic E-state index is 5.83. The molecule has 3 nitrogen and oxygen atoms in total. The van der Waals surface area contributed by atoms with E-state index in [1.807, 2.05) is 36.4 Å². The monoisotopic (exact) mass is 321 g/mol. The topological polar surface area (TPSA) is 44.5 Å². The van der Waals surface area contributed by atoms with Gasteiger partial charge in [-0.2, -0.15) is 0 Å². The third-order valence-corrected chi connectivity index (χ3v) is 3.51. The van der Waals surface area contributed by atoms with Crippen LogP contribution in [0, 0.1) is 0 Å². The van der Waals surface area contributed by atoms with Crippen LogP contribution in [0.25, 0.3) is 11.1 Å². The smallest absolute Gasteiger partial charge is 0.161 e. The normalized spacial score (nSPS) is 10.3. The van der Waals surface area contributed by atoms with Crippen LogP contribution < -0.4 is 15.2 Å². The highest BCUT2D eigenvalue weighted by Crippen LogP contribution is 2.35. The summed E-state index contributed by atoms with van der Waals surface area (Å²) in [5.74, 6) is 1.40. The maximum atomic E-state index is 5.83. The zero-order valence-electron chi connectivity index (χ0n) is 10.9. The van der Waals surface area contributed by atoms with Crippen LogP contribution >= 0.6 is 15.9 Å². The second-order valence-electron chi connectivity index (χ2n) is 4.08. The van der Waals surface area contributed by atoms with Gasteiger partial charge in [-0.05, 0) is 41.0 Å². The fourth-order valence-corrected chi connectivity index (χ4v) is 2.25. The Morgan fingerprint density at radius 1 is 1.00 bits per heavy atom. The molecule has 2 rings (SSSR count). The number of hydrogen-bond donors (Lipinski definition) is 1. The second kappa shape index (κ2) is 6.08. The molecular weight excluding hydrogens is 306 g/mol. The maximum Gasteiger partial charge on any atom is 0.161 e. The first-order chi connectivity index (χ1) is 9.19. The molecule has 0 aromatic heterocycles. The molecule has 4 heteroatoms. The minimum atomic E-state index is 0.450. The molecule has 0 saturated carbocycles. The van der Waals surface area contributed by atoms with Crippen LogP contribution in [0.2, 0.25) is 0 Å². The van der Waals surface area contributed by atoms with Crippen LogP contribution in [0.15, 0.2) is 40.9 Å². The van der Waals surface area contributed by atoms with Gasteiger partial charge in [0.1, 0.15) is 0 Å². The number of methoxy groups -OCH3 is 2. The van der Waals surface area contributed by atoms with Gasteiger partial charge in [0.2, 0.25) is 0 Å². The summed E-state index contributed by atoms with van der Waals surface area (Å²) in [6.07, 6.45) is 0. The minimum Gasteiger partial charge on any atom is -0.493 e. The SMILES string of the molecule is COc1cc(CN)c(-c2ccc(Br)cc2)cc1OC. The molecule has 0 unspecified atom stereocenters. The standard InChI is InChI=1S/C15H16BrNO2/c1-18-14-7-11(9-17)13(8-15(14)19-2)10-3-5-12(16)6-4-10/h3-8H,9,17H2,1-2H3. The third kappa shape index (κ3) is 2.91. The lowest BCUT2D eigenvalue weighted by Crippen LogP contribution is -2.01. The molecule has 0 spiro atoms. The predicted molar refractivity (Wildman–Crippen MR) is 80.6 cm³/mol. The summed E-state index contributed by atoms with van der Waals surface area (Å²) in [6, 6.07) is 12.0. The van der Waals surface area contributed by atoms with E-state index in [4.69, 9.17) is 15.2 Å². The van der Waals surface area contributed by atoms with E-state index in [9.17, 15) is 0 Å². The van der Waals surface area contributed by atoms with Crippen molar-refractivity contribution < 1.29 is 9.47 Å².